The largest absolute Gasteiger partial charge is 0.394 e. The van der Waals surface area contributed by atoms with Gasteiger partial charge in [-0.05, 0) is 72.3 Å². The van der Waals surface area contributed by atoms with Gasteiger partial charge in [0.2, 0.25) is 0 Å². The predicted molar refractivity (Wildman–Crippen MR) is 201 cm³/mol. The molecule has 17 nitrogen and oxygen atoms in total. The van der Waals surface area contributed by atoms with Crippen LogP contribution >= 0.6 is 0 Å². The fourth-order valence-electron chi connectivity index (χ4n) is 7.23. The molecule has 0 aromatic carbocycles. The highest BCUT2D eigenvalue weighted by Crippen LogP contribution is 2.34. The molecule has 0 amide bonds. The highest BCUT2D eigenvalue weighted by molar-refractivity contribution is 5.72. The van der Waals surface area contributed by atoms with Crippen molar-refractivity contribution in [2.24, 2.45) is 22.2 Å². The van der Waals surface area contributed by atoms with Gasteiger partial charge in [0, 0.05) is 24.7 Å². The number of nitrogens with two attached hydrogens (primary N) is 3. The van der Waals surface area contributed by atoms with Gasteiger partial charge in [0.05, 0.1) is 38.0 Å². The maximum atomic E-state index is 11.4. The minimum absolute atomic E-state index is 0.0268. The summed E-state index contributed by atoms with van der Waals surface area (Å²) in [4.78, 5) is 4.38. The van der Waals surface area contributed by atoms with E-state index in [0.717, 1.165) is 31.3 Å². The number of hydrogen-bond donors (Lipinski definition) is 10. The van der Waals surface area contributed by atoms with Gasteiger partial charge in [-0.1, -0.05) is 28.9 Å². The Hall–Kier alpha value is -1.75. The molecule has 316 valence electrons. The van der Waals surface area contributed by atoms with Crippen LogP contribution in [0.15, 0.2) is 39.9 Å². The number of ether oxygens (including phenoxy) is 6. The molecule has 3 aliphatic heterocycles. The molecule has 3 saturated heterocycles. The number of aliphatic hydroxyl groups excluding tert-OH is 7. The highest BCUT2D eigenvalue weighted by atomic mass is 16.8. The van der Waals surface area contributed by atoms with E-state index in [9.17, 15) is 35.7 Å². The third kappa shape index (κ3) is 12.6. The fraction of sp³-hybridized carbons (Fsp3) is 0.816. The lowest BCUT2D eigenvalue weighted by atomic mass is 9.84. The quantitative estimate of drug-likeness (QED) is 0.0610. The summed E-state index contributed by atoms with van der Waals surface area (Å²) in [6.07, 6.45) is -4.32. The summed E-state index contributed by atoms with van der Waals surface area (Å²) in [6.45, 7) is 7.27. The first-order valence-corrected chi connectivity index (χ1v) is 19.4. The molecule has 4 aliphatic rings. The Labute approximate surface area is 323 Å². The molecule has 55 heavy (non-hydrogen) atoms. The van der Waals surface area contributed by atoms with Gasteiger partial charge in [-0.15, -0.1) is 0 Å². The van der Waals surface area contributed by atoms with Crippen molar-refractivity contribution in [3.8, 4) is 0 Å². The molecule has 17 atom stereocenters. The average molecular weight is 787 g/mol. The van der Waals surface area contributed by atoms with E-state index in [4.69, 9.17) is 45.6 Å². The normalized spacial score (nSPS) is 41.9. The van der Waals surface area contributed by atoms with Crippen LogP contribution in [-0.4, -0.2) is 166 Å². The molecule has 0 aromatic rings. The van der Waals surface area contributed by atoms with Crippen LogP contribution < -0.4 is 17.2 Å². The number of aliphatic hydroxyl groups is 7. The van der Waals surface area contributed by atoms with Gasteiger partial charge in [-0.2, -0.15) is 0 Å². The van der Waals surface area contributed by atoms with Crippen molar-refractivity contribution in [3.05, 3.63) is 34.9 Å². The van der Waals surface area contributed by atoms with Crippen LogP contribution in [-0.2, 0) is 28.4 Å². The van der Waals surface area contributed by atoms with Crippen LogP contribution in [0.2, 0.25) is 0 Å². The maximum Gasteiger partial charge on any atom is 0.187 e. The van der Waals surface area contributed by atoms with Crippen LogP contribution in [0.5, 0.6) is 0 Å². The zero-order valence-corrected chi connectivity index (χ0v) is 32.5. The second-order valence-corrected chi connectivity index (χ2v) is 15.5. The first-order chi connectivity index (χ1) is 26.1. The van der Waals surface area contributed by atoms with Crippen molar-refractivity contribution in [1.29, 1.82) is 0 Å². The maximum absolute atomic E-state index is 11.4. The second kappa shape index (κ2) is 21.9. The van der Waals surface area contributed by atoms with E-state index in [2.05, 4.69) is 37.9 Å². The Kier molecular flexibility index (Phi) is 18.3. The third-order valence-electron chi connectivity index (χ3n) is 10.7. The Bertz CT molecular complexity index is 1300. The summed E-state index contributed by atoms with van der Waals surface area (Å²) in [5.41, 5.74) is 22.6. The molecule has 4 rings (SSSR count). The van der Waals surface area contributed by atoms with Crippen molar-refractivity contribution in [2.45, 2.75) is 177 Å². The van der Waals surface area contributed by atoms with E-state index in [1.165, 1.54) is 11.1 Å². The van der Waals surface area contributed by atoms with Gasteiger partial charge >= 0.3 is 0 Å². The van der Waals surface area contributed by atoms with E-state index in [0.29, 0.717) is 6.42 Å². The fourth-order valence-corrected chi connectivity index (χ4v) is 7.23. The van der Waals surface area contributed by atoms with Gasteiger partial charge in [0.25, 0.3) is 0 Å². The smallest absolute Gasteiger partial charge is 0.187 e. The molecule has 0 spiro atoms. The number of allylic oxidation sites excluding steroid dienone is 6. The standard InChI is InChI=1S/C38H66N4O13/c1-19(2)7-5-8-20(3)9-6-10-21(4)13-14-42-16-25-31(47)32(48)29(41)37(51-25)54-35-27(18-44)52-38(33(35)49)55-36-30(46)22(39)15-23(40)34(36)53-28-12-11-24(45)26(17-43)50-28/h7,9,13-14,22-38,43-49H,5-6,8,10-12,15-18,39-41H2,1-4H3/b20-9+,21-13+,42-14?. The summed E-state index contributed by atoms with van der Waals surface area (Å²) in [5, 5.41) is 73.9. The van der Waals surface area contributed by atoms with Gasteiger partial charge in [-0.3, -0.25) is 4.99 Å². The molecule has 0 radical (unpaired) electrons. The summed E-state index contributed by atoms with van der Waals surface area (Å²) in [5.74, 6) is 0. The molecule has 17 heteroatoms. The Morgan fingerprint density at radius 1 is 0.673 bits per heavy atom. The summed E-state index contributed by atoms with van der Waals surface area (Å²) in [7, 11) is 0. The minimum Gasteiger partial charge on any atom is -0.394 e. The molecule has 0 aromatic heterocycles. The first kappa shape index (κ1) is 45.9. The van der Waals surface area contributed by atoms with E-state index >= 15 is 0 Å². The molecular formula is C38H66N4O13. The average Bonchev–Trinajstić information content (AvgIpc) is 3.44. The van der Waals surface area contributed by atoms with Crippen molar-refractivity contribution in [1.82, 2.24) is 0 Å². The van der Waals surface area contributed by atoms with E-state index in [-0.39, 0.29) is 19.4 Å². The predicted octanol–water partition coefficient (Wildman–Crippen LogP) is -1.24. The Morgan fingerprint density at radius 3 is 2.02 bits per heavy atom. The molecule has 1 saturated carbocycles. The minimum atomic E-state index is -1.57. The molecule has 1 aliphatic carbocycles. The second-order valence-electron chi connectivity index (χ2n) is 15.5. The summed E-state index contributed by atoms with van der Waals surface area (Å²) >= 11 is 0. The lowest BCUT2D eigenvalue weighted by molar-refractivity contribution is -0.295. The van der Waals surface area contributed by atoms with E-state index in [1.807, 2.05) is 13.0 Å². The molecular weight excluding hydrogens is 720 g/mol. The molecule has 17 unspecified atom stereocenters. The molecule has 3 heterocycles. The van der Waals surface area contributed by atoms with Crippen LogP contribution in [0.3, 0.4) is 0 Å². The number of hydrogen-bond acceptors (Lipinski definition) is 17. The van der Waals surface area contributed by atoms with Gasteiger partial charge in [-0.25, -0.2) is 0 Å². The van der Waals surface area contributed by atoms with Crippen molar-refractivity contribution >= 4 is 6.21 Å². The number of rotatable bonds is 17. The van der Waals surface area contributed by atoms with Crippen LogP contribution in [0, 0.1) is 0 Å². The van der Waals surface area contributed by atoms with Crippen molar-refractivity contribution < 1.29 is 64.2 Å². The van der Waals surface area contributed by atoms with Gasteiger partial charge in [0.15, 0.2) is 18.9 Å². The topological polar surface area (TPSA) is 287 Å². The molecule has 13 N–H and O–H groups in total. The van der Waals surface area contributed by atoms with Crippen LogP contribution in [0.1, 0.15) is 72.6 Å². The Morgan fingerprint density at radius 2 is 1.33 bits per heavy atom. The van der Waals surface area contributed by atoms with Crippen molar-refractivity contribution in [2.75, 3.05) is 19.8 Å². The van der Waals surface area contributed by atoms with E-state index < -0.39 is 117 Å². The first-order valence-electron chi connectivity index (χ1n) is 19.4. The van der Waals surface area contributed by atoms with Gasteiger partial charge < -0.3 is 81.4 Å². The Balaban J connectivity index is 1.36. The zero-order chi connectivity index (χ0) is 40.4. The molecule has 4 fully saturated rings. The van der Waals surface area contributed by atoms with Crippen molar-refractivity contribution in [3.63, 3.8) is 0 Å². The third-order valence-corrected chi connectivity index (χ3v) is 10.7. The highest BCUT2D eigenvalue weighted by Gasteiger charge is 2.53. The molecule has 0 bridgehead atoms. The zero-order valence-electron chi connectivity index (χ0n) is 32.5. The summed E-state index contributed by atoms with van der Waals surface area (Å²) < 4.78 is 35.7. The lowest BCUT2D eigenvalue weighted by Crippen LogP contribution is -2.65. The SMILES string of the molecule is CC(C)=CCC/C(C)=C/CC/C(C)=C/C=NCC1OC(OC2C(CO)OC(OC3C(O)C(N)CC(N)C3OC3CCC(O)C(CO)O3)C2O)C(N)C(O)C1O. The van der Waals surface area contributed by atoms with Crippen LogP contribution in [0.25, 0.3) is 0 Å². The number of nitrogens with zero attached hydrogens (tertiary/aromatic N) is 1. The monoisotopic (exact) mass is 786 g/mol. The number of aliphatic imine (C=N–C) groups is 1. The van der Waals surface area contributed by atoms with Gasteiger partial charge in [0.1, 0.15) is 54.9 Å². The van der Waals surface area contributed by atoms with Crippen LogP contribution in [0.4, 0.5) is 0 Å². The summed E-state index contributed by atoms with van der Waals surface area (Å²) in [6, 6.07) is -2.79. The lowest BCUT2D eigenvalue weighted by Gasteiger charge is -2.45. The van der Waals surface area contributed by atoms with E-state index in [1.54, 1.807) is 6.21 Å².